The van der Waals surface area contributed by atoms with Crippen LogP contribution in [0.1, 0.15) is 48.8 Å². The molecular formula is C43H37BN2. The van der Waals surface area contributed by atoms with E-state index in [4.69, 9.17) is 0 Å². The van der Waals surface area contributed by atoms with E-state index in [9.17, 15) is 0 Å². The maximum atomic E-state index is 2.46. The van der Waals surface area contributed by atoms with Crippen LogP contribution < -0.4 is 9.80 Å². The van der Waals surface area contributed by atoms with Crippen molar-refractivity contribution in [1.29, 1.82) is 0 Å². The van der Waals surface area contributed by atoms with Gasteiger partial charge in [-0.3, -0.25) is 0 Å². The third kappa shape index (κ3) is 5.70. The Labute approximate surface area is 273 Å². The van der Waals surface area contributed by atoms with Crippen LogP contribution >= 0.6 is 0 Å². The molecule has 0 aliphatic heterocycles. The molecule has 0 saturated heterocycles. The molecule has 0 spiro atoms. The summed E-state index contributed by atoms with van der Waals surface area (Å²) >= 11 is 0. The number of rotatable bonds is 7. The summed E-state index contributed by atoms with van der Waals surface area (Å²) in [5, 5.41) is 2.55. The van der Waals surface area contributed by atoms with E-state index in [0.717, 1.165) is 38.5 Å². The minimum atomic E-state index is 0.991. The van der Waals surface area contributed by atoms with Gasteiger partial charge in [0, 0.05) is 0 Å². The summed E-state index contributed by atoms with van der Waals surface area (Å²) in [4.78, 5) is 4.84. The van der Waals surface area contributed by atoms with Crippen LogP contribution in [0.2, 0.25) is 0 Å². The Kier molecular flexibility index (Phi) is 7.82. The van der Waals surface area contributed by atoms with Gasteiger partial charge in [-0.2, -0.15) is 0 Å². The molecule has 1 aromatic heterocycles. The Bertz CT molecular complexity index is 2050. The first kappa shape index (κ1) is 28.3. The molecule has 0 atom stereocenters. The van der Waals surface area contributed by atoms with Crippen LogP contribution in [-0.4, -0.2) is 6.91 Å². The summed E-state index contributed by atoms with van der Waals surface area (Å²) < 4.78 is 0. The average molecular weight is 593 g/mol. The number of hydrogen-bond donors (Lipinski definition) is 0. The van der Waals surface area contributed by atoms with E-state index in [1.54, 1.807) is 0 Å². The van der Waals surface area contributed by atoms with Crippen molar-refractivity contribution in [2.75, 3.05) is 9.80 Å². The molecule has 0 bridgehead atoms. The van der Waals surface area contributed by atoms with Crippen LogP contribution in [0, 0.1) is 0 Å². The number of fused-ring (bicyclic) bond motifs is 2. The second kappa shape index (κ2) is 12.7. The summed E-state index contributed by atoms with van der Waals surface area (Å²) in [6.07, 6.45) is 22.6. The number of anilines is 4. The second-order valence-electron chi connectivity index (χ2n) is 12.4. The molecule has 0 radical (unpaired) electrons. The molecule has 222 valence electrons. The van der Waals surface area contributed by atoms with Crippen LogP contribution in [0.5, 0.6) is 0 Å². The molecule has 8 rings (SSSR count). The summed E-state index contributed by atoms with van der Waals surface area (Å²) in [6.45, 7) is 2.20. The molecule has 46 heavy (non-hydrogen) atoms. The molecule has 0 N–H and O–H groups in total. The number of nitrogens with zero attached hydrogens (tertiary/aromatic N) is 2. The van der Waals surface area contributed by atoms with Gasteiger partial charge < -0.3 is 0 Å². The first-order valence-corrected chi connectivity index (χ1v) is 16.6. The number of aryl methyl sites for hydroxylation is 1. The van der Waals surface area contributed by atoms with Gasteiger partial charge in [-0.15, -0.1) is 0 Å². The quantitative estimate of drug-likeness (QED) is 0.186. The molecule has 4 aromatic carbocycles. The molecule has 2 nitrogen and oxygen atoms in total. The van der Waals surface area contributed by atoms with Gasteiger partial charge in [0.15, 0.2) is 0 Å². The van der Waals surface area contributed by atoms with Crippen LogP contribution in [0.4, 0.5) is 22.6 Å². The molecule has 0 unspecified atom stereocenters. The van der Waals surface area contributed by atoms with E-state index in [-0.39, 0.29) is 0 Å². The van der Waals surface area contributed by atoms with Crippen LogP contribution in [0.15, 0.2) is 157 Å². The van der Waals surface area contributed by atoms with Gasteiger partial charge in [0.2, 0.25) is 0 Å². The van der Waals surface area contributed by atoms with Crippen molar-refractivity contribution < 1.29 is 0 Å². The molecule has 1 heterocycles. The molecule has 3 heteroatoms. The van der Waals surface area contributed by atoms with Crippen molar-refractivity contribution in [3.8, 4) is 0 Å². The van der Waals surface area contributed by atoms with Crippen molar-refractivity contribution in [3.05, 3.63) is 174 Å². The predicted molar refractivity (Wildman–Crippen MR) is 198 cm³/mol. The second-order valence-corrected chi connectivity index (χ2v) is 12.4. The summed E-state index contributed by atoms with van der Waals surface area (Å²) in [5.74, 6) is 2.12. The Morgan fingerprint density at radius 3 is 2.17 bits per heavy atom. The SMILES string of the molecule is b1ccccc1N(c1ccc(C2=CC=C(N(C3=CCCC=C3)c3ccc4ccccc4c3)CC2)cc1)c1ccc2c(c1)CCC=C2. The third-order valence-electron chi connectivity index (χ3n) is 9.41. The van der Waals surface area contributed by atoms with E-state index in [1.165, 1.54) is 67.1 Å². The van der Waals surface area contributed by atoms with E-state index in [0.29, 0.717) is 0 Å². The van der Waals surface area contributed by atoms with E-state index in [1.807, 2.05) is 0 Å². The van der Waals surface area contributed by atoms with Crippen molar-refractivity contribution in [1.82, 2.24) is 0 Å². The standard InChI is InChI=1S/C43H37BN2/c1-2-14-38(15-3-1)45(41-27-21-32-10-4-6-12-36(32)30-41)39-23-17-34(18-24-39)35-19-25-40(26-20-35)46(43-16-8-9-29-44-43)42-28-22-33-11-5-7-13-37(33)31-42/h2,4-6,8-12,14-17,19-23,25-31H,1,3,7,13,18,24H2. The number of hydrogen-bond acceptors (Lipinski definition) is 2. The van der Waals surface area contributed by atoms with Gasteiger partial charge >= 0.3 is 190 Å². The number of allylic oxidation sites excluding steroid dienone is 8. The van der Waals surface area contributed by atoms with E-state index < -0.39 is 0 Å². The Morgan fingerprint density at radius 2 is 1.37 bits per heavy atom. The first-order chi connectivity index (χ1) is 22.8. The van der Waals surface area contributed by atoms with Gasteiger partial charge in [-0.1, -0.05) is 42.5 Å². The van der Waals surface area contributed by atoms with Crippen molar-refractivity contribution in [3.63, 3.8) is 0 Å². The minimum absolute atomic E-state index is 0.991. The van der Waals surface area contributed by atoms with Gasteiger partial charge in [0.1, 0.15) is 0 Å². The molecule has 5 aromatic rings. The zero-order valence-electron chi connectivity index (χ0n) is 26.1. The monoisotopic (exact) mass is 592 g/mol. The molecule has 3 aliphatic rings. The predicted octanol–water partition coefficient (Wildman–Crippen LogP) is 11.4. The molecule has 0 fully saturated rings. The molecule has 0 saturated carbocycles. The fraction of sp³-hybridized carbons (Fsp3) is 0.140. The van der Waals surface area contributed by atoms with Gasteiger partial charge in [-0.05, 0) is 41.8 Å². The van der Waals surface area contributed by atoms with Gasteiger partial charge in [-0.25, -0.2) is 0 Å². The Morgan fingerprint density at radius 1 is 0.565 bits per heavy atom. The Hall–Kier alpha value is -5.15. The van der Waals surface area contributed by atoms with Crippen molar-refractivity contribution >= 4 is 52.0 Å². The van der Waals surface area contributed by atoms with Crippen LogP contribution in [0.3, 0.4) is 0 Å². The average Bonchev–Trinajstić information content (AvgIpc) is 3.13. The normalized spacial score (nSPS) is 15.4. The van der Waals surface area contributed by atoms with E-state index in [2.05, 4.69) is 168 Å². The van der Waals surface area contributed by atoms with Crippen LogP contribution in [0.25, 0.3) is 22.4 Å². The molecule has 3 aliphatic carbocycles. The Balaban J connectivity index is 1.10. The summed E-state index contributed by atoms with van der Waals surface area (Å²) in [6, 6.07) is 37.9. The van der Waals surface area contributed by atoms with Crippen LogP contribution in [-0.2, 0) is 6.42 Å². The number of benzene rings is 4. The van der Waals surface area contributed by atoms with E-state index >= 15 is 0 Å². The molecule has 0 amide bonds. The molecular weight excluding hydrogens is 555 g/mol. The first-order valence-electron chi connectivity index (χ1n) is 16.6. The fourth-order valence-electron chi connectivity index (χ4n) is 7.02. The maximum absolute atomic E-state index is 2.46. The van der Waals surface area contributed by atoms with Gasteiger partial charge in [0.05, 0.1) is 0 Å². The van der Waals surface area contributed by atoms with Crippen molar-refractivity contribution in [2.24, 2.45) is 0 Å². The topological polar surface area (TPSA) is 6.48 Å². The fourth-order valence-corrected chi connectivity index (χ4v) is 7.02. The third-order valence-corrected chi connectivity index (χ3v) is 9.41. The zero-order valence-corrected chi connectivity index (χ0v) is 26.1. The summed E-state index contributed by atoms with van der Waals surface area (Å²) in [7, 11) is 0. The van der Waals surface area contributed by atoms with Crippen molar-refractivity contribution in [2.45, 2.75) is 38.5 Å². The summed E-state index contributed by atoms with van der Waals surface area (Å²) in [5.41, 5.74) is 12.8. The van der Waals surface area contributed by atoms with Gasteiger partial charge in [0.25, 0.3) is 0 Å². The zero-order chi connectivity index (χ0) is 30.7.